The van der Waals surface area contributed by atoms with Crippen LogP contribution in [0.5, 0.6) is 5.75 Å². The molecule has 1 aliphatic rings. The summed E-state index contributed by atoms with van der Waals surface area (Å²) in [5.74, 6) is 0.970. The Kier molecular flexibility index (Phi) is 2.56. The number of benzene rings is 2. The summed E-state index contributed by atoms with van der Waals surface area (Å²) in [4.78, 5) is 0. The number of hydrogen-bond acceptors (Lipinski definition) is 2. The Bertz CT molecular complexity index is 571. The van der Waals surface area contributed by atoms with E-state index in [1.54, 1.807) is 0 Å². The van der Waals surface area contributed by atoms with E-state index in [1.165, 1.54) is 10.8 Å². The molecule has 0 aromatic heterocycles. The van der Waals surface area contributed by atoms with Gasteiger partial charge in [0.05, 0.1) is 0 Å². The van der Waals surface area contributed by atoms with Gasteiger partial charge in [-0.1, -0.05) is 50.2 Å². The van der Waals surface area contributed by atoms with Crippen LogP contribution in [0.2, 0.25) is 0 Å². The lowest BCUT2D eigenvalue weighted by Crippen LogP contribution is -2.60. The third kappa shape index (κ3) is 1.68. The van der Waals surface area contributed by atoms with Gasteiger partial charge in [0.2, 0.25) is 0 Å². The zero-order chi connectivity index (χ0) is 12.8. The van der Waals surface area contributed by atoms with E-state index in [4.69, 9.17) is 10.5 Å². The molecule has 2 heteroatoms. The van der Waals surface area contributed by atoms with E-state index >= 15 is 0 Å². The van der Waals surface area contributed by atoms with Crippen LogP contribution in [0.3, 0.4) is 0 Å². The van der Waals surface area contributed by atoms with Gasteiger partial charge in [-0.15, -0.1) is 0 Å². The molecule has 0 saturated heterocycles. The van der Waals surface area contributed by atoms with Gasteiger partial charge >= 0.3 is 0 Å². The maximum atomic E-state index is 6.17. The van der Waals surface area contributed by atoms with Crippen molar-refractivity contribution < 1.29 is 4.74 Å². The molecule has 1 saturated carbocycles. The Morgan fingerprint density at radius 1 is 1.11 bits per heavy atom. The predicted molar refractivity (Wildman–Crippen MR) is 74.7 cm³/mol. The normalized spacial score (nSPS) is 25.7. The van der Waals surface area contributed by atoms with Crippen molar-refractivity contribution in [2.45, 2.75) is 32.4 Å². The first kappa shape index (κ1) is 11.5. The van der Waals surface area contributed by atoms with Crippen molar-refractivity contribution in [3.63, 3.8) is 0 Å². The minimum absolute atomic E-state index is 0.0664. The average molecular weight is 241 g/mol. The molecule has 18 heavy (non-hydrogen) atoms. The molecule has 0 heterocycles. The zero-order valence-electron chi connectivity index (χ0n) is 10.9. The van der Waals surface area contributed by atoms with Gasteiger partial charge in [-0.05, 0) is 11.5 Å². The molecule has 0 radical (unpaired) electrons. The number of hydrogen-bond donors (Lipinski definition) is 1. The van der Waals surface area contributed by atoms with Crippen molar-refractivity contribution in [2.75, 3.05) is 0 Å². The molecule has 2 unspecified atom stereocenters. The zero-order valence-corrected chi connectivity index (χ0v) is 10.9. The molecule has 0 aliphatic heterocycles. The molecule has 1 aliphatic carbocycles. The highest BCUT2D eigenvalue weighted by Crippen LogP contribution is 2.42. The summed E-state index contributed by atoms with van der Waals surface area (Å²) in [6.07, 6.45) is 1.16. The van der Waals surface area contributed by atoms with Gasteiger partial charge < -0.3 is 10.5 Å². The van der Waals surface area contributed by atoms with Crippen LogP contribution in [0.25, 0.3) is 10.8 Å². The molecule has 2 nitrogen and oxygen atoms in total. The van der Waals surface area contributed by atoms with Crippen LogP contribution in [-0.4, -0.2) is 12.1 Å². The van der Waals surface area contributed by atoms with Crippen LogP contribution in [-0.2, 0) is 0 Å². The third-order valence-corrected chi connectivity index (χ3v) is 4.27. The van der Waals surface area contributed by atoms with Gasteiger partial charge in [0.15, 0.2) is 0 Å². The van der Waals surface area contributed by atoms with Gasteiger partial charge in [0.25, 0.3) is 0 Å². The second kappa shape index (κ2) is 3.99. The summed E-state index contributed by atoms with van der Waals surface area (Å²) in [5, 5.41) is 2.40. The van der Waals surface area contributed by atoms with Crippen LogP contribution in [0.15, 0.2) is 42.5 Å². The van der Waals surface area contributed by atoms with Gasteiger partial charge in [0, 0.05) is 23.3 Å². The molecule has 2 atom stereocenters. The maximum Gasteiger partial charge on any atom is 0.127 e. The smallest absolute Gasteiger partial charge is 0.127 e. The van der Waals surface area contributed by atoms with Crippen LogP contribution in [0.1, 0.15) is 20.3 Å². The number of ether oxygens (including phenoxy) is 1. The fraction of sp³-hybridized carbons (Fsp3) is 0.375. The van der Waals surface area contributed by atoms with E-state index in [0.29, 0.717) is 0 Å². The van der Waals surface area contributed by atoms with E-state index in [-0.39, 0.29) is 17.6 Å². The monoisotopic (exact) mass is 241 g/mol. The highest BCUT2D eigenvalue weighted by Gasteiger charge is 2.48. The van der Waals surface area contributed by atoms with E-state index in [0.717, 1.165) is 12.2 Å². The van der Waals surface area contributed by atoms with Crippen molar-refractivity contribution in [1.82, 2.24) is 0 Å². The van der Waals surface area contributed by atoms with E-state index in [9.17, 15) is 0 Å². The molecular formula is C16H19NO. The molecule has 0 amide bonds. The minimum Gasteiger partial charge on any atom is -0.489 e. The number of nitrogens with two attached hydrogens (primary N) is 1. The molecule has 0 spiro atoms. The van der Waals surface area contributed by atoms with Gasteiger partial charge in [-0.2, -0.15) is 0 Å². The first-order chi connectivity index (χ1) is 8.59. The van der Waals surface area contributed by atoms with Crippen LogP contribution in [0, 0.1) is 5.41 Å². The first-order valence-corrected chi connectivity index (χ1v) is 6.49. The van der Waals surface area contributed by atoms with Crippen molar-refractivity contribution in [3.05, 3.63) is 42.5 Å². The van der Waals surface area contributed by atoms with Crippen molar-refractivity contribution in [3.8, 4) is 5.75 Å². The third-order valence-electron chi connectivity index (χ3n) is 4.27. The van der Waals surface area contributed by atoms with Crippen LogP contribution in [0.4, 0.5) is 0 Å². The quantitative estimate of drug-likeness (QED) is 0.875. The first-order valence-electron chi connectivity index (χ1n) is 6.49. The Hall–Kier alpha value is -1.54. The Labute approximate surface area is 108 Å². The van der Waals surface area contributed by atoms with Crippen molar-refractivity contribution >= 4 is 10.8 Å². The Morgan fingerprint density at radius 2 is 1.83 bits per heavy atom. The minimum atomic E-state index is 0.0664. The fourth-order valence-corrected chi connectivity index (χ4v) is 2.57. The summed E-state index contributed by atoms with van der Waals surface area (Å²) >= 11 is 0. The lowest BCUT2D eigenvalue weighted by Gasteiger charge is -2.49. The van der Waals surface area contributed by atoms with Gasteiger partial charge in [0.1, 0.15) is 11.9 Å². The number of rotatable bonds is 2. The lowest BCUT2D eigenvalue weighted by molar-refractivity contribution is -0.0391. The molecule has 0 bridgehead atoms. The molecular weight excluding hydrogens is 222 g/mol. The number of fused-ring (bicyclic) bond motifs is 1. The Balaban J connectivity index is 1.92. The second-order valence-electron chi connectivity index (χ2n) is 5.75. The van der Waals surface area contributed by atoms with E-state index in [2.05, 4.69) is 38.1 Å². The summed E-state index contributed by atoms with van der Waals surface area (Å²) in [6.45, 7) is 4.36. The molecule has 2 aromatic rings. The molecule has 1 fully saturated rings. The van der Waals surface area contributed by atoms with Crippen molar-refractivity contribution in [1.29, 1.82) is 0 Å². The topological polar surface area (TPSA) is 35.2 Å². The SMILES string of the molecule is CC1(C)C(N)CC1Oc1cccc2ccccc12. The van der Waals surface area contributed by atoms with Gasteiger partial charge in [-0.25, -0.2) is 0 Å². The lowest BCUT2D eigenvalue weighted by atomic mass is 9.65. The van der Waals surface area contributed by atoms with Crippen LogP contribution >= 0.6 is 0 Å². The maximum absolute atomic E-state index is 6.17. The van der Waals surface area contributed by atoms with Crippen LogP contribution < -0.4 is 10.5 Å². The molecule has 94 valence electrons. The summed E-state index contributed by atoms with van der Waals surface area (Å²) in [7, 11) is 0. The molecule has 2 aromatic carbocycles. The standard InChI is InChI=1S/C16H19NO/c1-16(2)14(17)10-15(16)18-13-9-5-7-11-6-3-4-8-12(11)13/h3-9,14-15H,10,17H2,1-2H3. The van der Waals surface area contributed by atoms with Crippen molar-refractivity contribution in [2.24, 2.45) is 11.1 Å². The second-order valence-corrected chi connectivity index (χ2v) is 5.75. The van der Waals surface area contributed by atoms with E-state index < -0.39 is 0 Å². The average Bonchev–Trinajstić information content (AvgIpc) is 2.39. The predicted octanol–water partition coefficient (Wildman–Crippen LogP) is 3.34. The summed E-state index contributed by atoms with van der Waals surface area (Å²) in [5.41, 5.74) is 6.10. The molecule has 2 N–H and O–H groups in total. The summed E-state index contributed by atoms with van der Waals surface area (Å²) in [6, 6.07) is 14.8. The highest BCUT2D eigenvalue weighted by atomic mass is 16.5. The molecule has 3 rings (SSSR count). The van der Waals surface area contributed by atoms with Gasteiger partial charge in [-0.3, -0.25) is 0 Å². The highest BCUT2D eigenvalue weighted by molar-refractivity contribution is 5.88. The largest absolute Gasteiger partial charge is 0.489 e. The summed E-state index contributed by atoms with van der Waals surface area (Å²) < 4.78 is 6.17. The fourth-order valence-electron chi connectivity index (χ4n) is 2.57. The van der Waals surface area contributed by atoms with E-state index in [1.807, 2.05) is 18.2 Å². The Morgan fingerprint density at radius 3 is 2.56 bits per heavy atom.